The molecule has 0 aliphatic rings. The molecule has 0 saturated heterocycles. The van der Waals surface area contributed by atoms with Crippen LogP contribution in [0.5, 0.6) is 0 Å². The van der Waals surface area contributed by atoms with Crippen molar-refractivity contribution < 1.29 is 0 Å². The van der Waals surface area contributed by atoms with Crippen LogP contribution >= 0.6 is 0 Å². The van der Waals surface area contributed by atoms with Gasteiger partial charge in [-0.25, -0.2) is 15.0 Å². The number of rotatable bonds is 7. The van der Waals surface area contributed by atoms with E-state index in [0.29, 0.717) is 17.5 Å². The molecule has 0 spiro atoms. The van der Waals surface area contributed by atoms with Gasteiger partial charge in [-0.3, -0.25) is 0 Å². The van der Waals surface area contributed by atoms with Crippen molar-refractivity contribution in [2.24, 2.45) is 0 Å². The summed E-state index contributed by atoms with van der Waals surface area (Å²) in [5, 5.41) is 4.77. The summed E-state index contributed by atoms with van der Waals surface area (Å²) in [6.07, 6.45) is 0. The van der Waals surface area contributed by atoms with Crippen LogP contribution in [0.15, 0.2) is 206 Å². The minimum Gasteiger partial charge on any atom is -0.309 e. The van der Waals surface area contributed by atoms with Gasteiger partial charge in [-0.05, 0) is 109 Å². The first-order valence-corrected chi connectivity index (χ1v) is 22.2. The first kappa shape index (κ1) is 38.3. The number of fused-ring (bicyclic) bond motifs is 6. The van der Waals surface area contributed by atoms with Gasteiger partial charge < -0.3 is 9.13 Å². The average Bonchev–Trinajstić information content (AvgIpc) is 3.87. The Morgan fingerprint density at radius 3 is 1.55 bits per heavy atom. The number of aromatic nitrogens is 5. The van der Waals surface area contributed by atoms with Crippen LogP contribution in [0.3, 0.4) is 0 Å². The smallest absolute Gasteiger partial charge is 0.166 e. The van der Waals surface area contributed by atoms with E-state index in [4.69, 9.17) is 15.0 Å². The van der Waals surface area contributed by atoms with Crippen molar-refractivity contribution in [3.63, 3.8) is 0 Å². The Morgan fingerprint density at radius 1 is 0.338 bits per heavy atom. The van der Waals surface area contributed by atoms with Crippen molar-refractivity contribution >= 4 is 43.6 Å². The molecule has 0 saturated carbocycles. The third kappa shape index (κ3) is 6.43. The summed E-state index contributed by atoms with van der Waals surface area (Å²) in [6.45, 7) is 6.61. The first-order valence-electron chi connectivity index (χ1n) is 22.2. The van der Waals surface area contributed by atoms with E-state index in [1.54, 1.807) is 0 Å². The van der Waals surface area contributed by atoms with Gasteiger partial charge in [-0.1, -0.05) is 157 Å². The molecule has 0 fully saturated rings. The zero-order valence-electron chi connectivity index (χ0n) is 36.4. The quantitative estimate of drug-likeness (QED) is 0.161. The van der Waals surface area contributed by atoms with Gasteiger partial charge in [0.15, 0.2) is 17.5 Å². The molecule has 0 aliphatic heterocycles. The third-order valence-corrected chi connectivity index (χ3v) is 12.8. The number of hydrogen-bond donors (Lipinski definition) is 0. The Labute approximate surface area is 377 Å². The van der Waals surface area contributed by atoms with Crippen molar-refractivity contribution in [1.29, 1.82) is 0 Å². The zero-order chi connectivity index (χ0) is 43.6. The molecule has 5 nitrogen and oxygen atoms in total. The maximum absolute atomic E-state index is 5.36. The lowest BCUT2D eigenvalue weighted by molar-refractivity contribution is 1.06. The SMILES string of the molecule is Cc1cc(C)c(-c2ccc3c(c2)c2ccccc2n3-c2ccc(-c3cccc4c3c3ccccc3n4-c3ccccc3)cc2-c2nc(-c3ccccc3)nc(-c3ccccc3)n2)c(C)c1. The second-order valence-corrected chi connectivity index (χ2v) is 17.0. The molecule has 65 heavy (non-hydrogen) atoms. The zero-order valence-corrected chi connectivity index (χ0v) is 36.4. The molecule has 0 N–H and O–H groups in total. The summed E-state index contributed by atoms with van der Waals surface area (Å²) in [4.78, 5) is 15.8. The largest absolute Gasteiger partial charge is 0.309 e. The van der Waals surface area contributed by atoms with Gasteiger partial charge >= 0.3 is 0 Å². The van der Waals surface area contributed by atoms with Gasteiger partial charge in [-0.15, -0.1) is 0 Å². The van der Waals surface area contributed by atoms with Crippen LogP contribution in [0.25, 0.3) is 111 Å². The molecular formula is C60H43N5. The van der Waals surface area contributed by atoms with Crippen molar-refractivity contribution in [3.05, 3.63) is 223 Å². The Kier molecular flexibility index (Phi) is 9.09. The Balaban J connectivity index is 1.16. The molecule has 308 valence electrons. The highest BCUT2D eigenvalue weighted by Crippen LogP contribution is 2.43. The van der Waals surface area contributed by atoms with Crippen LogP contribution in [0, 0.1) is 20.8 Å². The maximum Gasteiger partial charge on any atom is 0.166 e. The minimum absolute atomic E-state index is 0.599. The summed E-state index contributed by atoms with van der Waals surface area (Å²) < 4.78 is 4.78. The summed E-state index contributed by atoms with van der Waals surface area (Å²) >= 11 is 0. The Hall–Kier alpha value is -8.41. The number of nitrogens with zero attached hydrogens (tertiary/aromatic N) is 5. The van der Waals surface area contributed by atoms with E-state index in [2.05, 4.69) is 200 Å². The molecule has 0 aliphatic carbocycles. The lowest BCUT2D eigenvalue weighted by Gasteiger charge is -2.17. The highest BCUT2D eigenvalue weighted by atomic mass is 15.1. The van der Waals surface area contributed by atoms with Crippen molar-refractivity contribution in [2.45, 2.75) is 20.8 Å². The van der Waals surface area contributed by atoms with Gasteiger partial charge in [0, 0.05) is 43.9 Å². The highest BCUT2D eigenvalue weighted by Gasteiger charge is 2.23. The summed E-state index contributed by atoms with van der Waals surface area (Å²) in [7, 11) is 0. The molecule has 9 aromatic carbocycles. The Bertz CT molecular complexity index is 3710. The molecule has 12 rings (SSSR count). The second-order valence-electron chi connectivity index (χ2n) is 17.0. The van der Waals surface area contributed by atoms with Crippen LogP contribution < -0.4 is 0 Å². The topological polar surface area (TPSA) is 48.5 Å². The predicted octanol–water partition coefficient (Wildman–Crippen LogP) is 15.3. The van der Waals surface area contributed by atoms with E-state index in [-0.39, 0.29) is 0 Å². The number of para-hydroxylation sites is 3. The molecule has 5 heteroatoms. The minimum atomic E-state index is 0.599. The average molecular weight is 834 g/mol. The van der Waals surface area contributed by atoms with E-state index in [9.17, 15) is 0 Å². The molecule has 0 amide bonds. The normalized spacial score (nSPS) is 11.6. The molecule has 0 unspecified atom stereocenters. The van der Waals surface area contributed by atoms with Crippen LogP contribution in [0.2, 0.25) is 0 Å². The third-order valence-electron chi connectivity index (χ3n) is 12.8. The molecule has 0 bridgehead atoms. The van der Waals surface area contributed by atoms with Crippen LogP contribution in [0.1, 0.15) is 16.7 Å². The lowest BCUT2D eigenvalue weighted by atomic mass is 9.93. The fraction of sp³-hybridized carbons (Fsp3) is 0.0500. The molecule has 12 aromatic rings. The van der Waals surface area contributed by atoms with Gasteiger partial charge in [0.1, 0.15) is 0 Å². The standard InChI is InChI=1S/C60H43N5/c1-38-34-39(2)56(40(3)35-38)44-31-33-53-49(37-44)47-24-13-15-27-51(47)65(53)54-32-30-43(46-26-17-29-55-57(46)48-25-14-16-28-52(48)64(55)45-22-11-6-12-23-45)36-50(54)60-62-58(41-18-7-4-8-19-41)61-59(63-60)42-20-9-5-10-21-42/h4-37H,1-3H3. The molecule has 3 aromatic heterocycles. The molecule has 3 heterocycles. The summed E-state index contributed by atoms with van der Waals surface area (Å²) in [5.41, 5.74) is 17.9. The van der Waals surface area contributed by atoms with Gasteiger partial charge in [0.05, 0.1) is 27.8 Å². The van der Waals surface area contributed by atoms with Gasteiger partial charge in [0.2, 0.25) is 0 Å². The molecular weight excluding hydrogens is 791 g/mol. The van der Waals surface area contributed by atoms with E-state index < -0.39 is 0 Å². The molecule has 0 radical (unpaired) electrons. The fourth-order valence-corrected chi connectivity index (χ4v) is 10.1. The summed E-state index contributed by atoms with van der Waals surface area (Å²) in [5.74, 6) is 1.84. The lowest BCUT2D eigenvalue weighted by Crippen LogP contribution is -2.04. The van der Waals surface area contributed by atoms with Gasteiger partial charge in [-0.2, -0.15) is 0 Å². The number of hydrogen-bond acceptors (Lipinski definition) is 3. The van der Waals surface area contributed by atoms with E-state index in [0.717, 1.165) is 61.3 Å². The summed E-state index contributed by atoms with van der Waals surface area (Å²) in [6, 6.07) is 73.6. The van der Waals surface area contributed by atoms with Crippen molar-refractivity contribution in [3.8, 4) is 67.8 Å². The first-order chi connectivity index (χ1) is 32.0. The van der Waals surface area contributed by atoms with E-state index in [1.165, 1.54) is 49.4 Å². The predicted molar refractivity (Wildman–Crippen MR) is 270 cm³/mol. The van der Waals surface area contributed by atoms with Crippen LogP contribution in [-0.4, -0.2) is 24.1 Å². The fourth-order valence-electron chi connectivity index (χ4n) is 10.1. The van der Waals surface area contributed by atoms with E-state index in [1.807, 2.05) is 36.4 Å². The maximum atomic E-state index is 5.36. The number of aryl methyl sites for hydroxylation is 3. The Morgan fingerprint density at radius 2 is 0.877 bits per heavy atom. The number of benzene rings is 9. The van der Waals surface area contributed by atoms with Crippen LogP contribution in [0.4, 0.5) is 0 Å². The van der Waals surface area contributed by atoms with Crippen molar-refractivity contribution in [2.75, 3.05) is 0 Å². The highest BCUT2D eigenvalue weighted by molar-refractivity contribution is 6.16. The van der Waals surface area contributed by atoms with Crippen molar-refractivity contribution in [1.82, 2.24) is 24.1 Å². The van der Waals surface area contributed by atoms with E-state index >= 15 is 0 Å². The van der Waals surface area contributed by atoms with Gasteiger partial charge in [0.25, 0.3) is 0 Å². The molecule has 0 atom stereocenters. The van der Waals surface area contributed by atoms with Crippen LogP contribution in [-0.2, 0) is 0 Å². The second kappa shape index (κ2) is 15.4. The monoisotopic (exact) mass is 833 g/mol.